The second-order valence-corrected chi connectivity index (χ2v) is 8.09. The van der Waals surface area contributed by atoms with Crippen LogP contribution in [0.4, 0.5) is 0 Å². The molecule has 27 heavy (non-hydrogen) atoms. The number of amides is 2. The van der Waals surface area contributed by atoms with E-state index in [1.807, 2.05) is 21.9 Å². The molecule has 5 heteroatoms. The van der Waals surface area contributed by atoms with Gasteiger partial charge in [0.1, 0.15) is 0 Å². The van der Waals surface area contributed by atoms with Crippen molar-refractivity contribution in [3.05, 3.63) is 35.4 Å². The number of hydrogen-bond donors (Lipinski definition) is 0. The average Bonchev–Trinajstić information content (AvgIpc) is 2.69. The van der Waals surface area contributed by atoms with Crippen LogP contribution < -0.4 is 0 Å². The molecule has 3 rings (SSSR count). The Bertz CT molecular complexity index is 658. The molecule has 0 saturated carbocycles. The highest BCUT2D eigenvalue weighted by Gasteiger charge is 2.42. The molecule has 0 aromatic heterocycles. The molecule has 1 aromatic rings. The van der Waals surface area contributed by atoms with Crippen molar-refractivity contribution < 1.29 is 14.3 Å². The molecule has 1 spiro atoms. The van der Waals surface area contributed by atoms with Crippen LogP contribution in [0.1, 0.15) is 54.9 Å². The first-order valence-corrected chi connectivity index (χ1v) is 10.2. The average molecular weight is 373 g/mol. The highest BCUT2D eigenvalue weighted by molar-refractivity contribution is 5.94. The number of piperidine rings is 2. The van der Waals surface area contributed by atoms with Crippen LogP contribution in [0.15, 0.2) is 24.3 Å². The van der Waals surface area contributed by atoms with E-state index < -0.39 is 0 Å². The predicted octanol–water partition coefficient (Wildman–Crippen LogP) is 3.13. The molecular formula is C22H32N2O3. The van der Waals surface area contributed by atoms with Crippen molar-refractivity contribution in [2.45, 2.75) is 45.4 Å². The number of likely N-dealkylation sites (tertiary alicyclic amines) is 2. The first-order chi connectivity index (χ1) is 13.1. The molecule has 5 nitrogen and oxygen atoms in total. The minimum atomic E-state index is 0.0394. The van der Waals surface area contributed by atoms with Gasteiger partial charge in [0.25, 0.3) is 5.91 Å². The number of ether oxygens (including phenoxy) is 1. The molecule has 0 bridgehead atoms. The van der Waals surface area contributed by atoms with Crippen LogP contribution in [0.3, 0.4) is 0 Å². The number of methoxy groups -OCH3 is 1. The fraction of sp³-hybridized carbons (Fsp3) is 0.636. The maximum atomic E-state index is 13.0. The van der Waals surface area contributed by atoms with Gasteiger partial charge in [0, 0.05) is 50.7 Å². The zero-order valence-electron chi connectivity index (χ0n) is 16.7. The van der Waals surface area contributed by atoms with Crippen LogP contribution in [0.5, 0.6) is 0 Å². The van der Waals surface area contributed by atoms with Gasteiger partial charge in [0.15, 0.2) is 0 Å². The summed E-state index contributed by atoms with van der Waals surface area (Å²) in [6.07, 6.45) is 5.72. The maximum absolute atomic E-state index is 13.0. The minimum Gasteiger partial charge on any atom is -0.383 e. The molecule has 2 aliphatic rings. The topological polar surface area (TPSA) is 49.9 Å². The number of nitrogens with zero attached hydrogens (tertiary/aromatic N) is 2. The van der Waals surface area contributed by atoms with E-state index in [1.165, 1.54) is 5.56 Å². The Kier molecular flexibility index (Phi) is 6.53. The molecule has 2 heterocycles. The van der Waals surface area contributed by atoms with Gasteiger partial charge in [-0.1, -0.05) is 25.5 Å². The van der Waals surface area contributed by atoms with Gasteiger partial charge < -0.3 is 14.5 Å². The van der Waals surface area contributed by atoms with Gasteiger partial charge in [-0.15, -0.1) is 0 Å². The second-order valence-electron chi connectivity index (χ2n) is 8.09. The summed E-state index contributed by atoms with van der Waals surface area (Å²) in [5.74, 6) is 0.338. The highest BCUT2D eigenvalue weighted by atomic mass is 16.5. The molecule has 1 aromatic carbocycles. The van der Waals surface area contributed by atoms with E-state index in [-0.39, 0.29) is 17.2 Å². The van der Waals surface area contributed by atoms with Gasteiger partial charge in [0.05, 0.1) is 6.61 Å². The molecule has 0 N–H and O–H groups in total. The molecule has 2 aliphatic heterocycles. The van der Waals surface area contributed by atoms with E-state index in [9.17, 15) is 9.59 Å². The third kappa shape index (κ3) is 4.70. The van der Waals surface area contributed by atoms with Crippen molar-refractivity contribution in [2.75, 3.05) is 39.9 Å². The summed E-state index contributed by atoms with van der Waals surface area (Å²) < 4.78 is 5.15. The molecule has 0 aliphatic carbocycles. The van der Waals surface area contributed by atoms with E-state index in [2.05, 4.69) is 19.1 Å². The summed E-state index contributed by atoms with van der Waals surface area (Å²) in [5, 5.41) is 0. The van der Waals surface area contributed by atoms with E-state index >= 15 is 0 Å². The molecule has 2 amide bonds. The molecule has 2 fully saturated rings. The lowest BCUT2D eigenvalue weighted by Gasteiger charge is -2.48. The molecule has 0 unspecified atom stereocenters. The summed E-state index contributed by atoms with van der Waals surface area (Å²) in [6, 6.07) is 8.07. The normalized spacial score (nSPS) is 23.1. The fourth-order valence-electron chi connectivity index (χ4n) is 4.51. The van der Waals surface area contributed by atoms with Crippen LogP contribution in [0, 0.1) is 5.41 Å². The van der Waals surface area contributed by atoms with Crippen LogP contribution in [0.2, 0.25) is 0 Å². The Morgan fingerprint density at radius 2 is 1.96 bits per heavy atom. The summed E-state index contributed by atoms with van der Waals surface area (Å²) >= 11 is 0. The first kappa shape index (κ1) is 19.9. The predicted molar refractivity (Wildman–Crippen MR) is 106 cm³/mol. The van der Waals surface area contributed by atoms with Crippen molar-refractivity contribution >= 4 is 11.8 Å². The number of carbonyl (C=O) groups excluding carboxylic acids is 2. The number of rotatable bonds is 6. The standard InChI is InChI=1S/C22H32N2O3/c1-3-5-18-6-8-19(9-7-18)21(26)24-13-4-11-22(17-24)12-10-20(25)23(16-22)14-15-27-2/h6-9H,3-5,10-17H2,1-2H3/t22-/m1/s1. The van der Waals surface area contributed by atoms with Crippen molar-refractivity contribution in [3.8, 4) is 0 Å². The quantitative estimate of drug-likeness (QED) is 0.771. The maximum Gasteiger partial charge on any atom is 0.253 e. The Labute approximate surface area is 162 Å². The lowest BCUT2D eigenvalue weighted by molar-refractivity contribution is -0.139. The van der Waals surface area contributed by atoms with E-state index in [1.54, 1.807) is 7.11 Å². The fourth-order valence-corrected chi connectivity index (χ4v) is 4.51. The summed E-state index contributed by atoms with van der Waals surface area (Å²) in [5.41, 5.74) is 2.09. The largest absolute Gasteiger partial charge is 0.383 e. The monoisotopic (exact) mass is 372 g/mol. The molecule has 148 valence electrons. The second kappa shape index (κ2) is 8.87. The Morgan fingerprint density at radius 3 is 2.67 bits per heavy atom. The Balaban J connectivity index is 1.67. The van der Waals surface area contributed by atoms with Crippen molar-refractivity contribution in [3.63, 3.8) is 0 Å². The van der Waals surface area contributed by atoms with Gasteiger partial charge >= 0.3 is 0 Å². The van der Waals surface area contributed by atoms with Crippen LogP contribution >= 0.6 is 0 Å². The van der Waals surface area contributed by atoms with Gasteiger partial charge in [0.2, 0.25) is 5.91 Å². The van der Waals surface area contributed by atoms with Crippen LogP contribution in [-0.2, 0) is 16.0 Å². The lowest BCUT2D eigenvalue weighted by Crippen LogP contribution is -2.55. The van der Waals surface area contributed by atoms with Gasteiger partial charge in [-0.25, -0.2) is 0 Å². The van der Waals surface area contributed by atoms with Gasteiger partial charge in [-0.3, -0.25) is 9.59 Å². The highest BCUT2D eigenvalue weighted by Crippen LogP contribution is 2.39. The van der Waals surface area contributed by atoms with E-state index in [0.717, 1.165) is 57.3 Å². The third-order valence-electron chi connectivity index (χ3n) is 6.00. The molecule has 1 atom stereocenters. The lowest BCUT2D eigenvalue weighted by atomic mass is 9.73. The number of hydrogen-bond acceptors (Lipinski definition) is 3. The molecular weight excluding hydrogens is 340 g/mol. The van der Waals surface area contributed by atoms with Crippen molar-refractivity contribution in [1.29, 1.82) is 0 Å². The number of carbonyl (C=O) groups is 2. The SMILES string of the molecule is CCCc1ccc(C(=O)N2CCC[C@]3(CCC(=O)N(CCOC)C3)C2)cc1. The smallest absolute Gasteiger partial charge is 0.253 e. The molecule has 0 radical (unpaired) electrons. The summed E-state index contributed by atoms with van der Waals surface area (Å²) in [4.78, 5) is 29.2. The minimum absolute atomic E-state index is 0.0394. The number of aryl methyl sites for hydroxylation is 1. The van der Waals surface area contributed by atoms with Crippen LogP contribution in [0.25, 0.3) is 0 Å². The Hall–Kier alpha value is -1.88. The van der Waals surface area contributed by atoms with Gasteiger partial charge in [-0.05, 0) is 43.4 Å². The first-order valence-electron chi connectivity index (χ1n) is 10.2. The van der Waals surface area contributed by atoms with E-state index in [4.69, 9.17) is 4.74 Å². The number of benzene rings is 1. The van der Waals surface area contributed by atoms with E-state index in [0.29, 0.717) is 19.6 Å². The van der Waals surface area contributed by atoms with Crippen molar-refractivity contribution in [1.82, 2.24) is 9.80 Å². The molecule has 2 saturated heterocycles. The zero-order valence-corrected chi connectivity index (χ0v) is 16.7. The summed E-state index contributed by atoms with van der Waals surface area (Å²) in [6.45, 7) is 5.67. The zero-order chi connectivity index (χ0) is 19.3. The van der Waals surface area contributed by atoms with Gasteiger partial charge in [-0.2, -0.15) is 0 Å². The Morgan fingerprint density at radius 1 is 1.19 bits per heavy atom. The van der Waals surface area contributed by atoms with Crippen molar-refractivity contribution in [2.24, 2.45) is 5.41 Å². The van der Waals surface area contributed by atoms with Crippen LogP contribution in [-0.4, -0.2) is 61.5 Å². The third-order valence-corrected chi connectivity index (χ3v) is 6.00. The summed E-state index contributed by atoms with van der Waals surface area (Å²) in [7, 11) is 1.66.